The molecule has 0 saturated carbocycles. The second kappa shape index (κ2) is 5.40. The third-order valence-electron chi connectivity index (χ3n) is 3.58. The van der Waals surface area contributed by atoms with Crippen molar-refractivity contribution in [1.29, 1.82) is 0 Å². The van der Waals surface area contributed by atoms with Crippen molar-refractivity contribution < 1.29 is 4.79 Å². The minimum Gasteiger partial charge on any atom is -0.381 e. The van der Waals surface area contributed by atoms with Crippen LogP contribution in [0.4, 0.5) is 5.69 Å². The molecular formula is C14H21N3O. The average Bonchev–Trinajstić information content (AvgIpc) is 2.31. The number of piperidine rings is 1. The summed E-state index contributed by atoms with van der Waals surface area (Å²) < 4.78 is 0. The smallest absolute Gasteiger partial charge is 0.249 e. The van der Waals surface area contributed by atoms with Crippen molar-refractivity contribution in [1.82, 2.24) is 4.90 Å². The Labute approximate surface area is 108 Å². The minimum atomic E-state index is -0.364. The zero-order chi connectivity index (χ0) is 13.1. The number of amides is 1. The highest BCUT2D eigenvalue weighted by Gasteiger charge is 2.18. The maximum absolute atomic E-state index is 11.3. The summed E-state index contributed by atoms with van der Waals surface area (Å²) in [5, 5.41) is 3.53. The monoisotopic (exact) mass is 247 g/mol. The molecule has 3 N–H and O–H groups in total. The van der Waals surface area contributed by atoms with Gasteiger partial charge in [-0.05, 0) is 51.1 Å². The van der Waals surface area contributed by atoms with Crippen LogP contribution in [0.2, 0.25) is 0 Å². The molecule has 1 fully saturated rings. The second-order valence-electron chi connectivity index (χ2n) is 5.09. The highest BCUT2D eigenvalue weighted by Crippen LogP contribution is 2.21. The summed E-state index contributed by atoms with van der Waals surface area (Å²) in [6.07, 6.45) is 2.38. The van der Waals surface area contributed by atoms with Crippen LogP contribution in [0, 0.1) is 6.92 Å². The molecule has 1 aliphatic rings. The molecule has 2 rings (SSSR count). The van der Waals surface area contributed by atoms with Gasteiger partial charge in [0.2, 0.25) is 5.91 Å². The van der Waals surface area contributed by atoms with Crippen LogP contribution in [-0.4, -0.2) is 37.0 Å². The summed E-state index contributed by atoms with van der Waals surface area (Å²) in [5.74, 6) is -0.364. The van der Waals surface area contributed by atoms with E-state index in [1.54, 1.807) is 6.07 Å². The van der Waals surface area contributed by atoms with E-state index >= 15 is 0 Å². The van der Waals surface area contributed by atoms with E-state index in [0.29, 0.717) is 11.6 Å². The Hall–Kier alpha value is -1.55. The van der Waals surface area contributed by atoms with Gasteiger partial charge in [0.15, 0.2) is 0 Å². The highest BCUT2D eigenvalue weighted by atomic mass is 16.1. The number of carbonyl (C=O) groups is 1. The van der Waals surface area contributed by atoms with Crippen LogP contribution in [0.5, 0.6) is 0 Å². The molecule has 98 valence electrons. The number of hydrogen-bond acceptors (Lipinski definition) is 3. The fraction of sp³-hybridized carbons (Fsp3) is 0.500. The number of likely N-dealkylation sites (N-methyl/N-ethyl adjacent to an activating group) is 1. The van der Waals surface area contributed by atoms with Crippen molar-refractivity contribution in [2.24, 2.45) is 5.73 Å². The van der Waals surface area contributed by atoms with Crippen molar-refractivity contribution in [3.05, 3.63) is 29.3 Å². The Kier molecular flexibility index (Phi) is 3.87. The van der Waals surface area contributed by atoms with Gasteiger partial charge in [-0.25, -0.2) is 0 Å². The first-order valence-electron chi connectivity index (χ1n) is 6.42. The van der Waals surface area contributed by atoms with Gasteiger partial charge in [-0.15, -0.1) is 0 Å². The molecule has 1 amide bonds. The summed E-state index contributed by atoms with van der Waals surface area (Å²) in [5.41, 5.74) is 7.93. The number of carbonyl (C=O) groups excluding carboxylic acids is 1. The molecule has 0 aromatic heterocycles. The lowest BCUT2D eigenvalue weighted by molar-refractivity contribution is 0.1000. The summed E-state index contributed by atoms with van der Waals surface area (Å²) in [6, 6.07) is 6.11. The summed E-state index contributed by atoms with van der Waals surface area (Å²) in [4.78, 5) is 13.6. The molecule has 1 aromatic rings. The third kappa shape index (κ3) is 2.82. The number of benzene rings is 1. The van der Waals surface area contributed by atoms with Crippen molar-refractivity contribution in [3.8, 4) is 0 Å². The van der Waals surface area contributed by atoms with Crippen LogP contribution in [0.1, 0.15) is 28.8 Å². The zero-order valence-corrected chi connectivity index (χ0v) is 11.1. The van der Waals surface area contributed by atoms with Crippen LogP contribution < -0.4 is 11.1 Å². The standard InChI is InChI=1S/C14H21N3O/c1-10-12(14(15)18)6-3-7-13(10)16-11-5-4-8-17(2)9-11/h3,6-7,11,16H,4-5,8-9H2,1-2H3,(H2,15,18). The molecule has 1 aliphatic heterocycles. The quantitative estimate of drug-likeness (QED) is 0.853. The molecule has 18 heavy (non-hydrogen) atoms. The normalized spacial score (nSPS) is 20.7. The van der Waals surface area contributed by atoms with Gasteiger partial charge in [0, 0.05) is 23.8 Å². The molecule has 1 unspecified atom stereocenters. The number of nitrogens with one attached hydrogen (secondary N) is 1. The predicted molar refractivity (Wildman–Crippen MR) is 73.8 cm³/mol. The first kappa shape index (κ1) is 12.9. The number of hydrogen-bond donors (Lipinski definition) is 2. The van der Waals surface area contributed by atoms with E-state index in [1.165, 1.54) is 19.4 Å². The second-order valence-corrected chi connectivity index (χ2v) is 5.09. The van der Waals surface area contributed by atoms with Gasteiger partial charge >= 0.3 is 0 Å². The lowest BCUT2D eigenvalue weighted by Gasteiger charge is -2.31. The van der Waals surface area contributed by atoms with E-state index in [9.17, 15) is 4.79 Å². The third-order valence-corrected chi connectivity index (χ3v) is 3.58. The molecule has 1 saturated heterocycles. The van der Waals surface area contributed by atoms with Crippen molar-refractivity contribution in [3.63, 3.8) is 0 Å². The van der Waals surface area contributed by atoms with Crippen LogP contribution in [0.15, 0.2) is 18.2 Å². The first-order valence-corrected chi connectivity index (χ1v) is 6.42. The SMILES string of the molecule is Cc1c(NC2CCCN(C)C2)cccc1C(N)=O. The van der Waals surface area contributed by atoms with Crippen LogP contribution in [-0.2, 0) is 0 Å². The Balaban J connectivity index is 2.14. The molecule has 1 heterocycles. The number of nitrogens with zero attached hydrogens (tertiary/aromatic N) is 1. The molecule has 0 aliphatic carbocycles. The average molecular weight is 247 g/mol. The van der Waals surface area contributed by atoms with E-state index in [1.807, 2.05) is 19.1 Å². The van der Waals surface area contributed by atoms with Gasteiger partial charge in [0.1, 0.15) is 0 Å². The number of likely N-dealkylation sites (tertiary alicyclic amines) is 1. The molecule has 0 spiro atoms. The van der Waals surface area contributed by atoms with E-state index in [-0.39, 0.29) is 5.91 Å². The molecule has 4 nitrogen and oxygen atoms in total. The van der Waals surface area contributed by atoms with Crippen LogP contribution >= 0.6 is 0 Å². The number of nitrogens with two attached hydrogens (primary N) is 1. The fourth-order valence-corrected chi connectivity index (χ4v) is 2.56. The van der Waals surface area contributed by atoms with Gasteiger partial charge < -0.3 is 16.0 Å². The Morgan fingerprint density at radius 1 is 1.50 bits per heavy atom. The number of rotatable bonds is 3. The minimum absolute atomic E-state index is 0.364. The number of anilines is 1. The molecule has 4 heteroatoms. The maximum Gasteiger partial charge on any atom is 0.249 e. The largest absolute Gasteiger partial charge is 0.381 e. The summed E-state index contributed by atoms with van der Waals surface area (Å²) in [7, 11) is 2.14. The van der Waals surface area contributed by atoms with Gasteiger partial charge in [0.05, 0.1) is 0 Å². The molecular weight excluding hydrogens is 226 g/mol. The van der Waals surface area contributed by atoms with Crippen LogP contribution in [0.3, 0.4) is 0 Å². The molecule has 1 atom stereocenters. The van der Waals surface area contributed by atoms with Gasteiger partial charge in [-0.3, -0.25) is 4.79 Å². The first-order chi connectivity index (χ1) is 8.58. The Bertz CT molecular complexity index is 445. The molecule has 0 bridgehead atoms. The summed E-state index contributed by atoms with van der Waals surface area (Å²) >= 11 is 0. The lowest BCUT2D eigenvalue weighted by atomic mass is 10.0. The topological polar surface area (TPSA) is 58.4 Å². The van der Waals surface area contributed by atoms with Gasteiger partial charge in [-0.1, -0.05) is 6.07 Å². The Morgan fingerprint density at radius 2 is 2.28 bits per heavy atom. The highest BCUT2D eigenvalue weighted by molar-refractivity contribution is 5.95. The van der Waals surface area contributed by atoms with E-state index in [4.69, 9.17) is 5.73 Å². The fourth-order valence-electron chi connectivity index (χ4n) is 2.56. The van der Waals surface area contributed by atoms with Crippen molar-refractivity contribution in [2.75, 3.05) is 25.5 Å². The van der Waals surface area contributed by atoms with Gasteiger partial charge in [0.25, 0.3) is 0 Å². The molecule has 0 radical (unpaired) electrons. The summed E-state index contributed by atoms with van der Waals surface area (Å²) in [6.45, 7) is 4.15. The van der Waals surface area contributed by atoms with E-state index < -0.39 is 0 Å². The van der Waals surface area contributed by atoms with E-state index in [2.05, 4.69) is 17.3 Å². The Morgan fingerprint density at radius 3 is 2.94 bits per heavy atom. The number of primary amides is 1. The van der Waals surface area contributed by atoms with Crippen LogP contribution in [0.25, 0.3) is 0 Å². The van der Waals surface area contributed by atoms with Crippen molar-refractivity contribution >= 4 is 11.6 Å². The van der Waals surface area contributed by atoms with E-state index in [0.717, 1.165) is 17.8 Å². The lowest BCUT2D eigenvalue weighted by Crippen LogP contribution is -2.39. The zero-order valence-electron chi connectivity index (χ0n) is 11.1. The van der Waals surface area contributed by atoms with Gasteiger partial charge in [-0.2, -0.15) is 0 Å². The molecule has 1 aromatic carbocycles. The predicted octanol–water partition coefficient (Wildman–Crippen LogP) is 1.60. The van der Waals surface area contributed by atoms with Crippen molar-refractivity contribution in [2.45, 2.75) is 25.8 Å². The maximum atomic E-state index is 11.3.